The summed E-state index contributed by atoms with van der Waals surface area (Å²) in [7, 11) is 0. The zero-order chi connectivity index (χ0) is 16.8. The standard InChI is InChI=1S/C19H26N2O3/c1-2-3-4-19(22)20-12-16-7-8-21(14-16)13-15-5-6-17-18(11-15)24-10-9-23-17/h2-3,5-6,11,16H,4,7-10,12-14H2,1H3,(H,20,22)/b3-2+. The molecule has 1 unspecified atom stereocenters. The molecule has 1 N–H and O–H groups in total. The molecule has 5 heteroatoms. The Morgan fingerprint density at radius 2 is 2.17 bits per heavy atom. The summed E-state index contributed by atoms with van der Waals surface area (Å²) in [6, 6.07) is 6.19. The third-order valence-electron chi connectivity index (χ3n) is 4.51. The monoisotopic (exact) mass is 330 g/mol. The van der Waals surface area contributed by atoms with E-state index >= 15 is 0 Å². The van der Waals surface area contributed by atoms with Crippen LogP contribution in [0.25, 0.3) is 0 Å². The van der Waals surface area contributed by atoms with Gasteiger partial charge in [-0.2, -0.15) is 0 Å². The van der Waals surface area contributed by atoms with Gasteiger partial charge in [-0.15, -0.1) is 0 Å². The number of nitrogens with zero attached hydrogens (tertiary/aromatic N) is 1. The van der Waals surface area contributed by atoms with Crippen molar-refractivity contribution in [2.45, 2.75) is 26.3 Å². The maximum atomic E-state index is 11.7. The molecule has 130 valence electrons. The number of rotatable bonds is 6. The van der Waals surface area contributed by atoms with Crippen molar-refractivity contribution in [3.8, 4) is 11.5 Å². The number of amides is 1. The quantitative estimate of drug-likeness (QED) is 0.814. The Kier molecular flexibility index (Phi) is 5.75. The number of carbonyl (C=O) groups excluding carboxylic acids is 1. The van der Waals surface area contributed by atoms with Gasteiger partial charge in [0.25, 0.3) is 0 Å². The topological polar surface area (TPSA) is 50.8 Å². The highest BCUT2D eigenvalue weighted by Gasteiger charge is 2.23. The van der Waals surface area contributed by atoms with Gasteiger partial charge in [0.05, 0.1) is 0 Å². The smallest absolute Gasteiger partial charge is 0.223 e. The summed E-state index contributed by atoms with van der Waals surface area (Å²) in [5.74, 6) is 2.34. The largest absolute Gasteiger partial charge is 0.486 e. The minimum absolute atomic E-state index is 0.110. The Hall–Kier alpha value is -2.01. The first-order valence-corrected chi connectivity index (χ1v) is 8.73. The lowest BCUT2D eigenvalue weighted by molar-refractivity contribution is -0.120. The average molecular weight is 330 g/mol. The van der Waals surface area contributed by atoms with E-state index in [1.165, 1.54) is 5.56 Å². The lowest BCUT2D eigenvalue weighted by Gasteiger charge is -2.21. The van der Waals surface area contributed by atoms with Crippen LogP contribution in [0.5, 0.6) is 11.5 Å². The van der Waals surface area contributed by atoms with Gasteiger partial charge in [-0.25, -0.2) is 0 Å². The first kappa shape index (κ1) is 16.8. The van der Waals surface area contributed by atoms with E-state index in [2.05, 4.69) is 22.3 Å². The lowest BCUT2D eigenvalue weighted by atomic mass is 10.1. The summed E-state index contributed by atoms with van der Waals surface area (Å²) in [6.45, 7) is 6.96. The number of benzene rings is 1. The molecule has 1 atom stereocenters. The van der Waals surface area contributed by atoms with E-state index in [1.54, 1.807) is 0 Å². The van der Waals surface area contributed by atoms with Crippen molar-refractivity contribution in [2.24, 2.45) is 5.92 Å². The number of likely N-dealkylation sites (tertiary alicyclic amines) is 1. The molecule has 1 aromatic carbocycles. The van der Waals surface area contributed by atoms with E-state index in [9.17, 15) is 4.79 Å². The van der Waals surface area contributed by atoms with E-state index in [1.807, 2.05) is 25.1 Å². The third-order valence-corrected chi connectivity index (χ3v) is 4.51. The molecule has 0 aliphatic carbocycles. The van der Waals surface area contributed by atoms with Crippen LogP contribution >= 0.6 is 0 Å². The normalized spacial score (nSPS) is 20.5. The first-order valence-electron chi connectivity index (χ1n) is 8.73. The van der Waals surface area contributed by atoms with Crippen molar-refractivity contribution in [3.63, 3.8) is 0 Å². The highest BCUT2D eigenvalue weighted by atomic mass is 16.6. The second-order valence-electron chi connectivity index (χ2n) is 6.45. The fraction of sp³-hybridized carbons (Fsp3) is 0.526. The molecule has 1 saturated heterocycles. The highest BCUT2D eigenvalue weighted by molar-refractivity contribution is 5.77. The summed E-state index contributed by atoms with van der Waals surface area (Å²) in [5, 5.41) is 3.03. The van der Waals surface area contributed by atoms with Crippen LogP contribution in [0, 0.1) is 5.92 Å². The summed E-state index contributed by atoms with van der Waals surface area (Å²) in [4.78, 5) is 14.1. The number of ether oxygens (including phenoxy) is 2. The van der Waals surface area contributed by atoms with Gasteiger partial charge in [0, 0.05) is 26.1 Å². The van der Waals surface area contributed by atoms with Crippen molar-refractivity contribution in [2.75, 3.05) is 32.8 Å². The van der Waals surface area contributed by atoms with Crippen LogP contribution in [0.3, 0.4) is 0 Å². The Morgan fingerprint density at radius 3 is 3.00 bits per heavy atom. The molecule has 0 radical (unpaired) electrons. The fourth-order valence-corrected chi connectivity index (χ4v) is 3.22. The second kappa shape index (κ2) is 8.20. The average Bonchev–Trinajstić information content (AvgIpc) is 3.05. The number of fused-ring (bicyclic) bond motifs is 1. The summed E-state index contributed by atoms with van der Waals surface area (Å²) >= 11 is 0. The number of allylic oxidation sites excluding steroid dienone is 1. The Balaban J connectivity index is 1.45. The Bertz CT molecular complexity index is 600. The summed E-state index contributed by atoms with van der Waals surface area (Å²) < 4.78 is 11.2. The molecule has 0 saturated carbocycles. The van der Waals surface area contributed by atoms with Gasteiger partial charge in [-0.1, -0.05) is 18.2 Å². The van der Waals surface area contributed by atoms with Crippen LogP contribution < -0.4 is 14.8 Å². The predicted octanol–water partition coefficient (Wildman–Crippen LogP) is 2.36. The van der Waals surface area contributed by atoms with Crippen molar-refractivity contribution < 1.29 is 14.3 Å². The first-order chi connectivity index (χ1) is 11.7. The molecule has 0 bridgehead atoms. The van der Waals surface area contributed by atoms with Gasteiger partial charge >= 0.3 is 0 Å². The summed E-state index contributed by atoms with van der Waals surface area (Å²) in [6.07, 6.45) is 5.40. The van der Waals surface area contributed by atoms with Crippen LogP contribution in [-0.2, 0) is 11.3 Å². The van der Waals surface area contributed by atoms with Crippen LogP contribution in [0.2, 0.25) is 0 Å². The van der Waals surface area contributed by atoms with Crippen LogP contribution in [0.1, 0.15) is 25.3 Å². The van der Waals surface area contributed by atoms with Crippen molar-refractivity contribution in [1.82, 2.24) is 10.2 Å². The molecule has 2 aliphatic heterocycles. The number of nitrogens with one attached hydrogen (secondary N) is 1. The minimum atomic E-state index is 0.110. The van der Waals surface area contributed by atoms with E-state index in [0.717, 1.165) is 44.1 Å². The van der Waals surface area contributed by atoms with E-state index in [-0.39, 0.29) is 5.91 Å². The molecule has 0 aromatic heterocycles. The van der Waals surface area contributed by atoms with Crippen LogP contribution in [-0.4, -0.2) is 43.7 Å². The number of carbonyl (C=O) groups is 1. The van der Waals surface area contributed by atoms with Gasteiger partial charge in [0.15, 0.2) is 11.5 Å². The molecule has 1 fully saturated rings. The van der Waals surface area contributed by atoms with Crippen molar-refractivity contribution in [3.05, 3.63) is 35.9 Å². The van der Waals surface area contributed by atoms with Crippen molar-refractivity contribution >= 4 is 5.91 Å². The van der Waals surface area contributed by atoms with Crippen LogP contribution in [0.4, 0.5) is 0 Å². The molecular formula is C19H26N2O3. The Morgan fingerprint density at radius 1 is 1.33 bits per heavy atom. The predicted molar refractivity (Wildman–Crippen MR) is 93.3 cm³/mol. The second-order valence-corrected chi connectivity index (χ2v) is 6.45. The molecule has 24 heavy (non-hydrogen) atoms. The fourth-order valence-electron chi connectivity index (χ4n) is 3.22. The van der Waals surface area contributed by atoms with Crippen molar-refractivity contribution in [1.29, 1.82) is 0 Å². The van der Waals surface area contributed by atoms with E-state index in [4.69, 9.17) is 9.47 Å². The van der Waals surface area contributed by atoms with E-state index in [0.29, 0.717) is 25.6 Å². The molecule has 1 aromatic rings. The van der Waals surface area contributed by atoms with Crippen LogP contribution in [0.15, 0.2) is 30.4 Å². The molecule has 1 amide bonds. The maximum Gasteiger partial charge on any atom is 0.223 e. The Labute approximate surface area is 143 Å². The number of hydrogen-bond donors (Lipinski definition) is 1. The lowest BCUT2D eigenvalue weighted by Crippen LogP contribution is -2.30. The van der Waals surface area contributed by atoms with Gasteiger partial charge in [-0.05, 0) is 43.5 Å². The maximum absolute atomic E-state index is 11.7. The van der Waals surface area contributed by atoms with Gasteiger partial charge in [0.2, 0.25) is 5.91 Å². The molecular weight excluding hydrogens is 304 g/mol. The van der Waals surface area contributed by atoms with Gasteiger partial charge < -0.3 is 14.8 Å². The SMILES string of the molecule is C/C=C/CC(=O)NCC1CCN(Cc2ccc3c(c2)OCCO3)C1. The highest BCUT2D eigenvalue weighted by Crippen LogP contribution is 2.31. The molecule has 2 aliphatic rings. The molecule has 2 heterocycles. The summed E-state index contributed by atoms with van der Waals surface area (Å²) in [5.41, 5.74) is 1.25. The van der Waals surface area contributed by atoms with E-state index < -0.39 is 0 Å². The third kappa shape index (κ3) is 4.51. The zero-order valence-corrected chi connectivity index (χ0v) is 14.3. The molecule has 5 nitrogen and oxygen atoms in total. The van der Waals surface area contributed by atoms with Gasteiger partial charge in [0.1, 0.15) is 13.2 Å². The molecule has 3 rings (SSSR count). The minimum Gasteiger partial charge on any atom is -0.486 e. The number of hydrogen-bond acceptors (Lipinski definition) is 4. The zero-order valence-electron chi connectivity index (χ0n) is 14.3. The molecule has 0 spiro atoms. The van der Waals surface area contributed by atoms with Gasteiger partial charge in [-0.3, -0.25) is 9.69 Å².